The Labute approximate surface area is 147 Å². The summed E-state index contributed by atoms with van der Waals surface area (Å²) in [5, 5.41) is 8.02. The van der Waals surface area contributed by atoms with Crippen molar-refractivity contribution in [2.45, 2.75) is 38.6 Å². The van der Waals surface area contributed by atoms with Gasteiger partial charge >= 0.3 is 0 Å². The third kappa shape index (κ3) is 3.16. The molecule has 2 atom stereocenters. The summed E-state index contributed by atoms with van der Waals surface area (Å²) in [5.74, 6) is 3.05. The van der Waals surface area contributed by atoms with E-state index in [1.807, 2.05) is 24.3 Å². The predicted octanol–water partition coefficient (Wildman–Crippen LogP) is 3.79. The topological polar surface area (TPSA) is 64.3 Å². The number of fused-ring (bicyclic) bond motifs is 1. The molecule has 2 unspecified atom stereocenters. The van der Waals surface area contributed by atoms with Crippen LogP contribution in [0.4, 0.5) is 5.82 Å². The summed E-state index contributed by atoms with van der Waals surface area (Å²) < 4.78 is 7.03. The van der Waals surface area contributed by atoms with Crippen LogP contribution in [0.15, 0.2) is 36.7 Å². The van der Waals surface area contributed by atoms with Gasteiger partial charge in [-0.05, 0) is 43.0 Å². The van der Waals surface area contributed by atoms with E-state index in [0.717, 1.165) is 22.8 Å². The fourth-order valence-corrected chi connectivity index (χ4v) is 3.55. The lowest BCUT2D eigenvalue weighted by molar-refractivity contribution is 0.348. The highest BCUT2D eigenvalue weighted by Crippen LogP contribution is 2.29. The lowest BCUT2D eigenvalue weighted by Gasteiger charge is -2.30. The largest absolute Gasteiger partial charge is 0.497 e. The molecule has 130 valence electrons. The summed E-state index contributed by atoms with van der Waals surface area (Å²) in [4.78, 5) is 8.93. The van der Waals surface area contributed by atoms with Crippen molar-refractivity contribution < 1.29 is 4.74 Å². The number of methoxy groups -OCH3 is 1. The molecule has 0 amide bonds. The van der Waals surface area contributed by atoms with Crippen LogP contribution in [-0.2, 0) is 0 Å². The highest BCUT2D eigenvalue weighted by molar-refractivity contribution is 5.66. The van der Waals surface area contributed by atoms with Crippen molar-refractivity contribution in [1.29, 1.82) is 0 Å². The Morgan fingerprint density at radius 1 is 1.16 bits per heavy atom. The summed E-state index contributed by atoms with van der Waals surface area (Å²) in [5.41, 5.74) is 1.92. The summed E-state index contributed by atoms with van der Waals surface area (Å²) >= 11 is 0. The number of anilines is 1. The number of aromatic nitrogens is 4. The quantitative estimate of drug-likeness (QED) is 0.785. The molecule has 1 aromatic carbocycles. The van der Waals surface area contributed by atoms with E-state index < -0.39 is 0 Å². The molecule has 1 fully saturated rings. The van der Waals surface area contributed by atoms with Crippen LogP contribution in [0.2, 0.25) is 0 Å². The van der Waals surface area contributed by atoms with Crippen molar-refractivity contribution in [3.8, 4) is 17.0 Å². The normalized spacial score (nSPS) is 20.6. The van der Waals surface area contributed by atoms with Crippen LogP contribution >= 0.6 is 0 Å². The number of nitrogens with zero attached hydrogens (tertiary/aromatic N) is 4. The number of hydrogen-bond acceptors (Lipinski definition) is 5. The maximum atomic E-state index is 5.24. The van der Waals surface area contributed by atoms with Gasteiger partial charge in [0.25, 0.3) is 5.78 Å². The third-order valence-electron chi connectivity index (χ3n) is 5.08. The Balaban J connectivity index is 1.71. The molecular formula is C19H23N5O. The summed E-state index contributed by atoms with van der Waals surface area (Å²) in [7, 11) is 1.67. The minimum absolute atomic E-state index is 0.465. The lowest BCUT2D eigenvalue weighted by Crippen LogP contribution is -2.31. The van der Waals surface area contributed by atoms with Gasteiger partial charge in [-0.25, -0.2) is 4.98 Å². The highest BCUT2D eigenvalue weighted by atomic mass is 16.5. The summed E-state index contributed by atoms with van der Waals surface area (Å²) in [6, 6.07) is 10.4. The van der Waals surface area contributed by atoms with Gasteiger partial charge in [0, 0.05) is 17.7 Å². The molecule has 1 aliphatic carbocycles. The van der Waals surface area contributed by atoms with Gasteiger partial charge in [0.15, 0.2) is 0 Å². The molecule has 3 aromatic rings. The molecule has 0 saturated heterocycles. The maximum absolute atomic E-state index is 5.24. The molecule has 2 aromatic heterocycles. The van der Waals surface area contributed by atoms with Gasteiger partial charge < -0.3 is 10.1 Å². The Morgan fingerprint density at radius 2 is 1.96 bits per heavy atom. The molecule has 1 saturated carbocycles. The van der Waals surface area contributed by atoms with Crippen molar-refractivity contribution in [2.24, 2.45) is 5.92 Å². The van der Waals surface area contributed by atoms with Gasteiger partial charge in [-0.15, -0.1) is 0 Å². The Morgan fingerprint density at radius 3 is 2.72 bits per heavy atom. The molecule has 0 radical (unpaired) electrons. The van der Waals surface area contributed by atoms with Gasteiger partial charge in [0.05, 0.1) is 12.8 Å². The van der Waals surface area contributed by atoms with Crippen LogP contribution in [0, 0.1) is 5.92 Å². The molecule has 0 bridgehead atoms. The van der Waals surface area contributed by atoms with Gasteiger partial charge in [-0.2, -0.15) is 14.6 Å². The fraction of sp³-hybridized carbons (Fsp3) is 0.421. The summed E-state index contributed by atoms with van der Waals surface area (Å²) in [6.07, 6.45) is 6.62. The average molecular weight is 337 g/mol. The Hall–Kier alpha value is -2.63. The fourth-order valence-electron chi connectivity index (χ4n) is 3.55. The van der Waals surface area contributed by atoms with Gasteiger partial charge in [0.2, 0.25) is 0 Å². The third-order valence-corrected chi connectivity index (χ3v) is 5.08. The SMILES string of the molecule is COc1ccc(-c2cc(NC3CCCCC3C)n3ncnc3n2)cc1. The molecule has 1 aliphatic rings. The van der Waals surface area contributed by atoms with E-state index in [-0.39, 0.29) is 0 Å². The Bertz CT molecular complexity index is 858. The monoisotopic (exact) mass is 337 g/mol. The van der Waals surface area contributed by atoms with E-state index in [1.165, 1.54) is 25.7 Å². The Kier molecular flexibility index (Phi) is 4.26. The number of benzene rings is 1. The van der Waals surface area contributed by atoms with E-state index >= 15 is 0 Å². The van der Waals surface area contributed by atoms with E-state index in [1.54, 1.807) is 18.0 Å². The number of ether oxygens (including phenoxy) is 1. The predicted molar refractivity (Wildman–Crippen MR) is 97.8 cm³/mol. The highest BCUT2D eigenvalue weighted by Gasteiger charge is 2.22. The first-order chi connectivity index (χ1) is 12.2. The van der Waals surface area contributed by atoms with Crippen molar-refractivity contribution in [1.82, 2.24) is 19.6 Å². The number of hydrogen-bond donors (Lipinski definition) is 1. The average Bonchev–Trinajstić information content (AvgIpc) is 3.12. The lowest BCUT2D eigenvalue weighted by atomic mass is 9.86. The van der Waals surface area contributed by atoms with Crippen molar-refractivity contribution in [3.05, 3.63) is 36.7 Å². The minimum atomic E-state index is 0.465. The van der Waals surface area contributed by atoms with E-state index in [0.29, 0.717) is 17.7 Å². The molecule has 25 heavy (non-hydrogen) atoms. The van der Waals surface area contributed by atoms with Crippen molar-refractivity contribution in [3.63, 3.8) is 0 Å². The van der Waals surface area contributed by atoms with Crippen molar-refractivity contribution >= 4 is 11.6 Å². The van der Waals surface area contributed by atoms with Crippen LogP contribution in [0.3, 0.4) is 0 Å². The number of rotatable bonds is 4. The van der Waals surface area contributed by atoms with Gasteiger partial charge in [0.1, 0.15) is 17.9 Å². The van der Waals surface area contributed by atoms with E-state index in [4.69, 9.17) is 4.74 Å². The van der Waals surface area contributed by atoms with Gasteiger partial charge in [-0.3, -0.25) is 0 Å². The second-order valence-corrected chi connectivity index (χ2v) is 6.74. The van der Waals surface area contributed by atoms with Gasteiger partial charge in [-0.1, -0.05) is 19.8 Å². The first-order valence-corrected chi connectivity index (χ1v) is 8.86. The molecular weight excluding hydrogens is 314 g/mol. The summed E-state index contributed by atoms with van der Waals surface area (Å²) in [6.45, 7) is 2.32. The molecule has 6 nitrogen and oxygen atoms in total. The zero-order chi connectivity index (χ0) is 17.2. The maximum Gasteiger partial charge on any atom is 0.254 e. The zero-order valence-corrected chi connectivity index (χ0v) is 14.6. The second kappa shape index (κ2) is 6.70. The standard InChI is InChI=1S/C19H23N5O/c1-13-5-3-4-6-16(13)22-18-11-17(23-19-20-12-21-24(18)19)14-7-9-15(25-2)10-8-14/h7-13,16,22H,3-6H2,1-2H3. The molecule has 6 heteroatoms. The molecule has 0 spiro atoms. The first-order valence-electron chi connectivity index (χ1n) is 8.86. The molecule has 4 rings (SSSR count). The van der Waals surface area contributed by atoms with Crippen molar-refractivity contribution in [2.75, 3.05) is 12.4 Å². The van der Waals surface area contributed by atoms with Crippen LogP contribution in [0.1, 0.15) is 32.6 Å². The first kappa shape index (κ1) is 15.9. The smallest absolute Gasteiger partial charge is 0.254 e. The van der Waals surface area contributed by atoms with Crippen LogP contribution in [0.5, 0.6) is 5.75 Å². The van der Waals surface area contributed by atoms with E-state index in [2.05, 4.69) is 33.4 Å². The molecule has 0 aliphatic heterocycles. The van der Waals surface area contributed by atoms with Crippen LogP contribution in [-0.4, -0.2) is 32.7 Å². The minimum Gasteiger partial charge on any atom is -0.497 e. The second-order valence-electron chi connectivity index (χ2n) is 6.74. The van der Waals surface area contributed by atoms with Crippen LogP contribution < -0.4 is 10.1 Å². The zero-order valence-electron chi connectivity index (χ0n) is 14.6. The molecule has 2 heterocycles. The molecule has 1 N–H and O–H groups in total. The number of nitrogens with one attached hydrogen (secondary N) is 1. The van der Waals surface area contributed by atoms with Crippen LogP contribution in [0.25, 0.3) is 17.0 Å². The van der Waals surface area contributed by atoms with E-state index in [9.17, 15) is 0 Å².